The molecule has 10 heteroatoms. The Morgan fingerprint density at radius 1 is 1.08 bits per heavy atom. The Bertz CT molecular complexity index is 903. The van der Waals surface area contributed by atoms with E-state index in [9.17, 15) is 18.0 Å². The highest BCUT2D eigenvalue weighted by Crippen LogP contribution is 2.21. The van der Waals surface area contributed by atoms with Crippen molar-refractivity contribution in [2.45, 2.75) is 5.16 Å². The summed E-state index contributed by atoms with van der Waals surface area (Å²) in [6.07, 6.45) is 0. The third-order valence-corrected chi connectivity index (χ3v) is 3.98. The lowest BCUT2D eigenvalue weighted by Crippen LogP contribution is -2.16. The summed E-state index contributed by atoms with van der Waals surface area (Å²) >= 11 is 1.01. The Labute approximate surface area is 144 Å². The van der Waals surface area contributed by atoms with Crippen molar-refractivity contribution in [2.24, 2.45) is 0 Å². The van der Waals surface area contributed by atoms with Crippen LogP contribution in [0.2, 0.25) is 0 Å². The van der Waals surface area contributed by atoms with Crippen molar-refractivity contribution < 1.29 is 18.0 Å². The van der Waals surface area contributed by atoms with E-state index in [2.05, 4.69) is 20.8 Å². The number of aromatic nitrogens is 4. The Morgan fingerprint density at radius 2 is 1.80 bits per heavy atom. The summed E-state index contributed by atoms with van der Waals surface area (Å²) in [5.41, 5.74) is 0.272. The molecule has 0 radical (unpaired) electrons. The van der Waals surface area contributed by atoms with E-state index in [-0.39, 0.29) is 5.75 Å². The largest absolute Gasteiger partial charge is 0.323 e. The molecular formula is C15H10F3N5OS. The minimum absolute atomic E-state index is 0.147. The van der Waals surface area contributed by atoms with Gasteiger partial charge in [-0.3, -0.25) is 4.79 Å². The number of amides is 1. The molecule has 0 atom stereocenters. The van der Waals surface area contributed by atoms with Crippen molar-refractivity contribution in [1.82, 2.24) is 20.2 Å². The number of hydrogen-bond acceptors (Lipinski definition) is 5. The summed E-state index contributed by atoms with van der Waals surface area (Å²) < 4.78 is 41.0. The number of tetrazole rings is 1. The summed E-state index contributed by atoms with van der Waals surface area (Å²) in [6, 6.07) is 9.99. The Hall–Kier alpha value is -2.88. The molecule has 2 aromatic carbocycles. The highest BCUT2D eigenvalue weighted by Gasteiger charge is 2.15. The summed E-state index contributed by atoms with van der Waals surface area (Å²) in [5, 5.41) is 13.7. The maximum Gasteiger partial charge on any atom is 0.234 e. The molecule has 0 fully saturated rings. The molecule has 0 aliphatic heterocycles. The van der Waals surface area contributed by atoms with Crippen LogP contribution >= 0.6 is 11.8 Å². The second-order valence-electron chi connectivity index (χ2n) is 4.79. The van der Waals surface area contributed by atoms with Crippen LogP contribution in [0.1, 0.15) is 0 Å². The first-order valence-electron chi connectivity index (χ1n) is 6.95. The predicted octanol–water partition coefficient (Wildman–Crippen LogP) is 2.81. The molecule has 1 aromatic heterocycles. The fourth-order valence-corrected chi connectivity index (χ4v) is 2.63. The molecule has 6 nitrogen and oxygen atoms in total. The third kappa shape index (κ3) is 3.97. The molecule has 0 unspecified atom stereocenters. The molecule has 1 heterocycles. The fraction of sp³-hybridized carbons (Fsp3) is 0.0667. The number of carbonyl (C=O) groups excluding carboxylic acids is 1. The van der Waals surface area contributed by atoms with Gasteiger partial charge in [0.1, 0.15) is 5.82 Å². The van der Waals surface area contributed by atoms with Gasteiger partial charge >= 0.3 is 0 Å². The van der Waals surface area contributed by atoms with E-state index in [0.29, 0.717) is 23.0 Å². The smallest absolute Gasteiger partial charge is 0.234 e. The van der Waals surface area contributed by atoms with Gasteiger partial charge in [0, 0.05) is 12.1 Å². The van der Waals surface area contributed by atoms with Crippen LogP contribution in [0.15, 0.2) is 47.6 Å². The number of anilines is 1. The van der Waals surface area contributed by atoms with E-state index in [1.165, 1.54) is 4.68 Å². The van der Waals surface area contributed by atoms with Crippen LogP contribution in [0.3, 0.4) is 0 Å². The van der Waals surface area contributed by atoms with E-state index >= 15 is 0 Å². The minimum atomic E-state index is -1.33. The SMILES string of the molecule is O=C(CSc1nnnn1-c1ccccc1)Nc1cc(F)c(F)cc1F. The molecule has 0 saturated carbocycles. The van der Waals surface area contributed by atoms with Gasteiger partial charge in [0.05, 0.1) is 17.1 Å². The van der Waals surface area contributed by atoms with Gasteiger partial charge in [0.2, 0.25) is 11.1 Å². The number of hydrogen-bond donors (Lipinski definition) is 1. The van der Waals surface area contributed by atoms with E-state index in [1.807, 2.05) is 18.2 Å². The number of nitrogens with zero attached hydrogens (tertiary/aromatic N) is 4. The van der Waals surface area contributed by atoms with Crippen molar-refractivity contribution in [3.63, 3.8) is 0 Å². The molecule has 1 amide bonds. The second kappa shape index (κ2) is 7.34. The van der Waals surface area contributed by atoms with Crippen molar-refractivity contribution in [3.05, 3.63) is 59.9 Å². The maximum absolute atomic E-state index is 13.5. The number of rotatable bonds is 5. The molecule has 0 spiro atoms. The summed E-state index contributed by atoms with van der Waals surface area (Å²) in [7, 11) is 0. The average Bonchev–Trinajstić information content (AvgIpc) is 3.07. The summed E-state index contributed by atoms with van der Waals surface area (Å²) in [5.74, 6) is -4.40. The molecule has 1 N–H and O–H groups in total. The van der Waals surface area contributed by atoms with Gasteiger partial charge in [-0.05, 0) is 22.6 Å². The average molecular weight is 365 g/mol. The fourth-order valence-electron chi connectivity index (χ4n) is 1.93. The molecule has 25 heavy (non-hydrogen) atoms. The van der Waals surface area contributed by atoms with Crippen LogP contribution in [0.25, 0.3) is 5.69 Å². The van der Waals surface area contributed by atoms with Crippen LogP contribution < -0.4 is 5.32 Å². The molecule has 3 aromatic rings. The van der Waals surface area contributed by atoms with Crippen molar-refractivity contribution in [1.29, 1.82) is 0 Å². The van der Waals surface area contributed by atoms with Gasteiger partial charge in [0.25, 0.3) is 0 Å². The lowest BCUT2D eigenvalue weighted by molar-refractivity contribution is -0.113. The van der Waals surface area contributed by atoms with Gasteiger partial charge in [-0.1, -0.05) is 30.0 Å². The van der Waals surface area contributed by atoms with E-state index in [1.54, 1.807) is 12.1 Å². The lowest BCUT2D eigenvalue weighted by Gasteiger charge is -2.07. The molecule has 0 saturated heterocycles. The van der Waals surface area contributed by atoms with Crippen LogP contribution in [-0.4, -0.2) is 31.9 Å². The van der Waals surface area contributed by atoms with Crippen LogP contribution in [0.4, 0.5) is 18.9 Å². The van der Waals surface area contributed by atoms with Crippen molar-refractivity contribution >= 4 is 23.4 Å². The van der Waals surface area contributed by atoms with E-state index in [4.69, 9.17) is 0 Å². The second-order valence-corrected chi connectivity index (χ2v) is 5.73. The van der Waals surface area contributed by atoms with Crippen molar-refractivity contribution in [3.8, 4) is 5.69 Å². The van der Waals surface area contributed by atoms with Gasteiger partial charge in [-0.15, -0.1) is 5.10 Å². The zero-order chi connectivity index (χ0) is 17.8. The highest BCUT2D eigenvalue weighted by atomic mass is 32.2. The highest BCUT2D eigenvalue weighted by molar-refractivity contribution is 7.99. The molecule has 0 aliphatic rings. The number of carbonyl (C=O) groups is 1. The van der Waals surface area contributed by atoms with Crippen LogP contribution in [-0.2, 0) is 4.79 Å². The van der Waals surface area contributed by atoms with Gasteiger partial charge in [-0.2, -0.15) is 4.68 Å². The molecule has 0 aliphatic carbocycles. The standard InChI is InChI=1S/C15H10F3N5OS/c16-10-6-12(18)13(7-11(10)17)19-14(24)8-25-15-20-21-22-23(15)9-4-2-1-3-5-9/h1-7H,8H2,(H,19,24). The first-order valence-corrected chi connectivity index (χ1v) is 7.94. The van der Waals surface area contributed by atoms with E-state index < -0.39 is 29.0 Å². The van der Waals surface area contributed by atoms with E-state index in [0.717, 1.165) is 11.8 Å². The maximum atomic E-state index is 13.5. The first kappa shape index (κ1) is 17.0. The van der Waals surface area contributed by atoms with Crippen molar-refractivity contribution in [2.75, 3.05) is 11.1 Å². The molecule has 3 rings (SSSR count). The third-order valence-electron chi connectivity index (χ3n) is 3.06. The predicted molar refractivity (Wildman–Crippen MR) is 84.8 cm³/mol. The van der Waals surface area contributed by atoms with Gasteiger partial charge in [0.15, 0.2) is 11.6 Å². The quantitative estimate of drug-likeness (QED) is 0.556. The number of halogens is 3. The Kier molecular flexibility index (Phi) is 4.98. The topological polar surface area (TPSA) is 72.7 Å². The van der Waals surface area contributed by atoms with Crippen LogP contribution in [0, 0.1) is 17.5 Å². The lowest BCUT2D eigenvalue weighted by atomic mass is 10.3. The number of thioether (sulfide) groups is 1. The van der Waals surface area contributed by atoms with Gasteiger partial charge < -0.3 is 5.32 Å². The monoisotopic (exact) mass is 365 g/mol. The van der Waals surface area contributed by atoms with Crippen LogP contribution in [0.5, 0.6) is 0 Å². The minimum Gasteiger partial charge on any atom is -0.323 e. The molecule has 0 bridgehead atoms. The molecular weight excluding hydrogens is 355 g/mol. The first-order chi connectivity index (χ1) is 12.0. The number of nitrogens with one attached hydrogen (secondary N) is 1. The Balaban J connectivity index is 1.66. The summed E-state index contributed by atoms with van der Waals surface area (Å²) in [6.45, 7) is 0. The van der Waals surface area contributed by atoms with Gasteiger partial charge in [-0.25, -0.2) is 13.2 Å². The summed E-state index contributed by atoms with van der Waals surface area (Å²) in [4.78, 5) is 11.9. The number of para-hydroxylation sites is 1. The molecule has 128 valence electrons. The number of benzene rings is 2. The normalized spacial score (nSPS) is 10.7. The zero-order valence-electron chi connectivity index (χ0n) is 12.5. The Morgan fingerprint density at radius 3 is 2.56 bits per heavy atom. The zero-order valence-corrected chi connectivity index (χ0v) is 13.3.